The summed E-state index contributed by atoms with van der Waals surface area (Å²) < 4.78 is 1.51. The number of aromatic nitrogens is 2. The summed E-state index contributed by atoms with van der Waals surface area (Å²) in [5.74, 6) is 0. The maximum atomic E-state index is 11.3. The minimum Gasteiger partial charge on any atom is -0.318 e. The van der Waals surface area contributed by atoms with Gasteiger partial charge in [0.25, 0.3) is 0 Å². The molecule has 0 radical (unpaired) electrons. The minimum absolute atomic E-state index is 0.195. The molecule has 0 spiro atoms. The van der Waals surface area contributed by atoms with E-state index in [2.05, 4.69) is 22.1 Å². The van der Waals surface area contributed by atoms with E-state index in [1.807, 2.05) is 0 Å². The topological polar surface area (TPSA) is 79.6 Å². The van der Waals surface area contributed by atoms with Crippen molar-refractivity contribution in [2.75, 3.05) is 7.05 Å². The molecule has 0 saturated carbocycles. The van der Waals surface area contributed by atoms with Gasteiger partial charge in [0.2, 0.25) is 0 Å². The molecule has 0 aliphatic heterocycles. The highest BCUT2D eigenvalue weighted by molar-refractivity contribution is 5.94. The van der Waals surface area contributed by atoms with Crippen LogP contribution in [0.3, 0.4) is 0 Å². The third-order valence-electron chi connectivity index (χ3n) is 1.68. The van der Waals surface area contributed by atoms with Crippen molar-refractivity contribution in [2.45, 2.75) is 6.67 Å². The Bertz CT molecular complexity index is 359. The summed E-state index contributed by atoms with van der Waals surface area (Å²) in [6, 6.07) is 0.475. The average Bonchev–Trinajstić information content (AvgIpc) is 2.76. The quantitative estimate of drug-likeness (QED) is 0.711. The lowest BCUT2D eigenvalue weighted by Crippen LogP contribution is -2.40. The number of nitrogens with one attached hydrogen (secondary N) is 1. The lowest BCUT2D eigenvalue weighted by Gasteiger charge is -2.13. The number of nitrogens with zero attached hydrogens (tertiary/aromatic N) is 4. The SMILES string of the molecule is C=NC(=O)N(C)C(=O)NCn1cccn1. The maximum Gasteiger partial charge on any atom is 0.350 e. The zero-order valence-corrected chi connectivity index (χ0v) is 8.25. The molecule has 1 aromatic rings. The highest BCUT2D eigenvalue weighted by atomic mass is 16.2. The summed E-state index contributed by atoms with van der Waals surface area (Å²) >= 11 is 0. The van der Waals surface area contributed by atoms with Crippen molar-refractivity contribution in [1.82, 2.24) is 20.0 Å². The van der Waals surface area contributed by atoms with Gasteiger partial charge in [-0.15, -0.1) is 0 Å². The third kappa shape index (κ3) is 2.90. The third-order valence-corrected chi connectivity index (χ3v) is 1.68. The molecule has 7 heteroatoms. The molecule has 1 rings (SSSR count). The van der Waals surface area contributed by atoms with Crippen LogP contribution >= 0.6 is 0 Å². The molecule has 0 unspecified atom stereocenters. The Labute approximate surface area is 86.4 Å². The van der Waals surface area contributed by atoms with Gasteiger partial charge >= 0.3 is 12.1 Å². The minimum atomic E-state index is -0.701. The van der Waals surface area contributed by atoms with Crippen LogP contribution in [0.15, 0.2) is 23.5 Å². The molecule has 0 bridgehead atoms. The predicted molar refractivity (Wildman–Crippen MR) is 53.5 cm³/mol. The lowest BCUT2D eigenvalue weighted by atomic mass is 10.7. The molecule has 0 aliphatic rings. The van der Waals surface area contributed by atoms with E-state index in [0.29, 0.717) is 0 Å². The molecule has 15 heavy (non-hydrogen) atoms. The lowest BCUT2D eigenvalue weighted by molar-refractivity contribution is 0.198. The molecular formula is C8H11N5O2. The van der Waals surface area contributed by atoms with Crippen molar-refractivity contribution in [3.8, 4) is 0 Å². The van der Waals surface area contributed by atoms with Crippen molar-refractivity contribution >= 4 is 18.8 Å². The van der Waals surface area contributed by atoms with E-state index in [9.17, 15) is 9.59 Å². The number of amides is 4. The zero-order chi connectivity index (χ0) is 11.3. The van der Waals surface area contributed by atoms with Crippen molar-refractivity contribution in [2.24, 2.45) is 4.99 Å². The molecule has 7 nitrogen and oxygen atoms in total. The molecule has 0 saturated heterocycles. The number of hydrogen-bond acceptors (Lipinski definition) is 3. The van der Waals surface area contributed by atoms with Crippen LogP contribution in [-0.4, -0.2) is 40.5 Å². The van der Waals surface area contributed by atoms with Crippen LogP contribution in [0.1, 0.15) is 0 Å². The van der Waals surface area contributed by atoms with Gasteiger partial charge in [0.05, 0.1) is 0 Å². The fraction of sp³-hybridized carbons (Fsp3) is 0.250. The second kappa shape index (κ2) is 4.89. The molecular weight excluding hydrogens is 198 g/mol. The smallest absolute Gasteiger partial charge is 0.318 e. The van der Waals surface area contributed by atoms with Crippen LogP contribution in [0.5, 0.6) is 0 Å². The van der Waals surface area contributed by atoms with Crippen molar-refractivity contribution in [3.05, 3.63) is 18.5 Å². The first-order valence-electron chi connectivity index (χ1n) is 4.15. The Hall–Kier alpha value is -2.18. The molecule has 0 atom stereocenters. The van der Waals surface area contributed by atoms with Gasteiger partial charge < -0.3 is 5.32 Å². The summed E-state index contributed by atoms with van der Waals surface area (Å²) in [5.41, 5.74) is 0. The molecule has 1 N–H and O–H groups in total. The summed E-state index contributed by atoms with van der Waals surface area (Å²) in [5, 5.41) is 6.35. The number of carbonyl (C=O) groups is 2. The van der Waals surface area contributed by atoms with Crippen LogP contribution in [0.4, 0.5) is 9.59 Å². The van der Waals surface area contributed by atoms with Crippen molar-refractivity contribution < 1.29 is 9.59 Å². The average molecular weight is 209 g/mol. The Balaban J connectivity index is 2.42. The van der Waals surface area contributed by atoms with E-state index in [1.165, 1.54) is 11.7 Å². The van der Waals surface area contributed by atoms with Crippen LogP contribution in [0.25, 0.3) is 0 Å². The highest BCUT2D eigenvalue weighted by Gasteiger charge is 2.14. The summed E-state index contributed by atoms with van der Waals surface area (Å²) in [6.45, 7) is 3.23. The fourth-order valence-corrected chi connectivity index (χ4v) is 0.854. The molecule has 0 aromatic carbocycles. The monoisotopic (exact) mass is 209 g/mol. The molecule has 1 heterocycles. The molecule has 1 aromatic heterocycles. The fourth-order valence-electron chi connectivity index (χ4n) is 0.854. The maximum absolute atomic E-state index is 11.3. The normalized spacial score (nSPS) is 9.40. The highest BCUT2D eigenvalue weighted by Crippen LogP contribution is 1.90. The van der Waals surface area contributed by atoms with Gasteiger partial charge in [0.1, 0.15) is 6.67 Å². The van der Waals surface area contributed by atoms with Gasteiger partial charge in [-0.25, -0.2) is 19.5 Å². The first-order chi connectivity index (χ1) is 7.15. The first-order valence-corrected chi connectivity index (χ1v) is 4.15. The van der Waals surface area contributed by atoms with Crippen LogP contribution in [0.2, 0.25) is 0 Å². The predicted octanol–water partition coefficient (Wildman–Crippen LogP) is 0.303. The van der Waals surface area contributed by atoms with Gasteiger partial charge in [0, 0.05) is 19.4 Å². The number of aliphatic imine (C=N–C) groups is 1. The van der Waals surface area contributed by atoms with Gasteiger partial charge in [-0.2, -0.15) is 5.10 Å². The largest absolute Gasteiger partial charge is 0.350 e. The standard InChI is InChI=1S/C8H11N5O2/c1-9-7(14)12(2)8(15)10-6-13-5-3-4-11-13/h3-5H,1,6H2,2H3,(H,10,15). The van der Waals surface area contributed by atoms with Gasteiger partial charge in [-0.1, -0.05) is 0 Å². The summed E-state index contributed by atoms with van der Waals surface area (Å²) in [7, 11) is 1.31. The van der Waals surface area contributed by atoms with Gasteiger partial charge in [-0.05, 0) is 12.8 Å². The van der Waals surface area contributed by atoms with Gasteiger partial charge in [0.15, 0.2) is 0 Å². The van der Waals surface area contributed by atoms with Gasteiger partial charge in [-0.3, -0.25) is 4.68 Å². The van der Waals surface area contributed by atoms with E-state index >= 15 is 0 Å². The van der Waals surface area contributed by atoms with Crippen molar-refractivity contribution in [1.29, 1.82) is 0 Å². The Morgan fingerprint density at radius 1 is 1.67 bits per heavy atom. The molecule has 80 valence electrons. The van der Waals surface area contributed by atoms with Crippen LogP contribution in [-0.2, 0) is 6.67 Å². The Morgan fingerprint density at radius 3 is 2.93 bits per heavy atom. The van der Waals surface area contributed by atoms with E-state index in [1.54, 1.807) is 18.5 Å². The Morgan fingerprint density at radius 2 is 2.40 bits per heavy atom. The number of hydrogen-bond donors (Lipinski definition) is 1. The molecule has 4 amide bonds. The van der Waals surface area contributed by atoms with E-state index in [0.717, 1.165) is 4.90 Å². The van der Waals surface area contributed by atoms with Crippen LogP contribution < -0.4 is 5.32 Å². The molecule has 0 aliphatic carbocycles. The second-order valence-electron chi connectivity index (χ2n) is 2.69. The van der Waals surface area contributed by atoms with E-state index < -0.39 is 12.1 Å². The summed E-state index contributed by atoms with van der Waals surface area (Å²) in [4.78, 5) is 26.2. The van der Waals surface area contributed by atoms with E-state index in [4.69, 9.17) is 0 Å². The second-order valence-corrected chi connectivity index (χ2v) is 2.69. The van der Waals surface area contributed by atoms with Crippen LogP contribution in [0, 0.1) is 0 Å². The number of carbonyl (C=O) groups excluding carboxylic acids is 2. The van der Waals surface area contributed by atoms with Crippen molar-refractivity contribution in [3.63, 3.8) is 0 Å². The first kappa shape index (κ1) is 10.9. The number of rotatable bonds is 2. The number of urea groups is 2. The Kier molecular flexibility index (Phi) is 3.55. The zero-order valence-electron chi connectivity index (χ0n) is 8.25. The molecule has 0 fully saturated rings. The number of imide groups is 1. The van der Waals surface area contributed by atoms with E-state index in [-0.39, 0.29) is 6.67 Å². The summed E-state index contributed by atoms with van der Waals surface area (Å²) in [6.07, 6.45) is 3.28.